The fraction of sp³-hybridized carbons (Fsp3) is 0.273. The normalized spacial score (nSPS) is 18.8. The maximum atomic E-state index is 12.0. The van der Waals surface area contributed by atoms with Crippen molar-refractivity contribution in [2.45, 2.75) is 18.9 Å². The van der Waals surface area contributed by atoms with Crippen LogP contribution in [-0.2, 0) is 0 Å². The minimum absolute atomic E-state index is 0.0109. The summed E-state index contributed by atoms with van der Waals surface area (Å²) in [6.45, 7) is 0. The quantitative estimate of drug-likeness (QED) is 0.495. The summed E-state index contributed by atoms with van der Waals surface area (Å²) in [5, 5.41) is 1.93. The standard InChI is InChI=1S/C11H9BrIN2O/c12-10-11(16)15(7-3-4-7)9-6-13-5-1-2-8(9)14-10/h1-2,5-7H,3-4H2/q-1. The average molecular weight is 392 g/mol. The predicted molar refractivity (Wildman–Crippen MR) is 61.8 cm³/mol. The van der Waals surface area contributed by atoms with E-state index in [1.54, 1.807) is 0 Å². The van der Waals surface area contributed by atoms with Crippen molar-refractivity contribution in [1.82, 2.24) is 9.55 Å². The molecule has 0 bridgehead atoms. The topological polar surface area (TPSA) is 34.9 Å². The van der Waals surface area contributed by atoms with Gasteiger partial charge in [0.05, 0.1) is 0 Å². The van der Waals surface area contributed by atoms with Crippen molar-refractivity contribution < 1.29 is 21.2 Å². The molecule has 1 fully saturated rings. The third-order valence-electron chi connectivity index (χ3n) is 2.61. The molecule has 84 valence electrons. The number of hydrogen-bond donors (Lipinski definition) is 0. The molecular formula is C11H9BrIN2O-. The third kappa shape index (κ3) is 1.79. The van der Waals surface area contributed by atoms with Crippen molar-refractivity contribution in [2.75, 3.05) is 0 Å². The summed E-state index contributed by atoms with van der Waals surface area (Å²) in [7, 11) is 0. The zero-order valence-electron chi connectivity index (χ0n) is 8.36. The first-order chi connectivity index (χ1) is 7.77. The Kier molecular flexibility index (Phi) is 2.75. The molecule has 16 heavy (non-hydrogen) atoms. The van der Waals surface area contributed by atoms with Crippen molar-refractivity contribution in [3.05, 3.63) is 35.8 Å². The van der Waals surface area contributed by atoms with Gasteiger partial charge in [0.2, 0.25) is 0 Å². The molecule has 1 saturated carbocycles. The molecule has 1 aliphatic carbocycles. The molecule has 0 N–H and O–H groups in total. The van der Waals surface area contributed by atoms with E-state index in [9.17, 15) is 4.79 Å². The summed E-state index contributed by atoms with van der Waals surface area (Å²) in [6.07, 6.45) is 6.25. The Labute approximate surface area is 111 Å². The summed E-state index contributed by atoms with van der Waals surface area (Å²) in [4.78, 5) is 16.4. The SMILES string of the molecule is O=c1c(Br)nc2c(n1C1CC1)=C[I-]C=CC=2. The van der Waals surface area contributed by atoms with Gasteiger partial charge in [-0.1, -0.05) is 0 Å². The number of halogens is 2. The number of aromatic nitrogens is 2. The molecule has 1 aliphatic heterocycles. The Balaban J connectivity index is 2.44. The van der Waals surface area contributed by atoms with Gasteiger partial charge in [0.25, 0.3) is 0 Å². The van der Waals surface area contributed by atoms with E-state index in [2.05, 4.69) is 29.1 Å². The van der Waals surface area contributed by atoms with Gasteiger partial charge in [0.15, 0.2) is 0 Å². The first-order valence-electron chi connectivity index (χ1n) is 5.04. The van der Waals surface area contributed by atoms with Crippen molar-refractivity contribution in [3.63, 3.8) is 0 Å². The van der Waals surface area contributed by atoms with Crippen LogP contribution in [0.2, 0.25) is 0 Å². The van der Waals surface area contributed by atoms with Gasteiger partial charge in [-0.05, 0) is 0 Å². The van der Waals surface area contributed by atoms with Crippen molar-refractivity contribution in [3.8, 4) is 0 Å². The molecule has 3 nitrogen and oxygen atoms in total. The number of nitrogens with zero attached hydrogens (tertiary/aromatic N) is 2. The van der Waals surface area contributed by atoms with E-state index < -0.39 is 0 Å². The van der Waals surface area contributed by atoms with Gasteiger partial charge in [-0.3, -0.25) is 0 Å². The zero-order valence-corrected chi connectivity index (χ0v) is 12.1. The molecule has 0 amide bonds. The Morgan fingerprint density at radius 1 is 1.50 bits per heavy atom. The van der Waals surface area contributed by atoms with Gasteiger partial charge in [0, 0.05) is 0 Å². The van der Waals surface area contributed by atoms with E-state index in [1.165, 1.54) is 0 Å². The molecule has 0 unspecified atom stereocenters. The van der Waals surface area contributed by atoms with E-state index in [0.29, 0.717) is 10.6 Å². The van der Waals surface area contributed by atoms with Crippen LogP contribution in [0.1, 0.15) is 18.9 Å². The molecule has 0 atom stereocenters. The number of rotatable bonds is 1. The summed E-state index contributed by atoms with van der Waals surface area (Å²) >= 11 is 3.16. The summed E-state index contributed by atoms with van der Waals surface area (Å²) in [5.41, 5.74) is 0.0109. The first kappa shape index (κ1) is 10.7. The predicted octanol–water partition coefficient (Wildman–Crippen LogP) is -2.52. The van der Waals surface area contributed by atoms with Crippen LogP contribution < -0.4 is 37.5 Å². The summed E-state index contributed by atoms with van der Waals surface area (Å²) < 4.78 is 6.70. The fourth-order valence-electron chi connectivity index (χ4n) is 1.73. The van der Waals surface area contributed by atoms with E-state index in [-0.39, 0.29) is 26.8 Å². The van der Waals surface area contributed by atoms with Gasteiger partial charge in [-0.2, -0.15) is 0 Å². The van der Waals surface area contributed by atoms with Crippen LogP contribution in [0.5, 0.6) is 0 Å². The van der Waals surface area contributed by atoms with Crippen LogP contribution in [0, 0.1) is 0 Å². The molecule has 0 radical (unpaired) electrons. The minimum atomic E-state index is -0.0909. The van der Waals surface area contributed by atoms with E-state index in [0.717, 1.165) is 23.5 Å². The van der Waals surface area contributed by atoms with Crippen molar-refractivity contribution >= 4 is 26.1 Å². The molecule has 0 spiro atoms. The van der Waals surface area contributed by atoms with Crippen LogP contribution in [0.25, 0.3) is 10.2 Å². The zero-order chi connectivity index (χ0) is 11.1. The van der Waals surface area contributed by atoms with Gasteiger partial charge in [-0.25, -0.2) is 0 Å². The van der Waals surface area contributed by atoms with Crippen LogP contribution in [0.15, 0.2) is 19.6 Å². The second kappa shape index (κ2) is 4.10. The second-order valence-corrected chi connectivity index (χ2v) is 6.61. The van der Waals surface area contributed by atoms with Crippen LogP contribution >= 0.6 is 15.9 Å². The van der Waals surface area contributed by atoms with Gasteiger partial charge in [0.1, 0.15) is 0 Å². The van der Waals surface area contributed by atoms with E-state index in [1.807, 2.05) is 16.7 Å². The third-order valence-corrected chi connectivity index (χ3v) is 4.91. The monoisotopic (exact) mass is 391 g/mol. The summed E-state index contributed by atoms with van der Waals surface area (Å²) in [6, 6.07) is 0.396. The molecule has 0 saturated heterocycles. The molecule has 2 aliphatic rings. The second-order valence-electron chi connectivity index (χ2n) is 3.80. The van der Waals surface area contributed by atoms with E-state index >= 15 is 0 Å². The van der Waals surface area contributed by atoms with Gasteiger partial charge in [-0.15, -0.1) is 0 Å². The molecule has 0 aromatic carbocycles. The van der Waals surface area contributed by atoms with Crippen LogP contribution in [-0.4, -0.2) is 9.55 Å². The van der Waals surface area contributed by atoms with Crippen LogP contribution in [0.4, 0.5) is 0 Å². The average Bonchev–Trinajstić information content (AvgIpc) is 3.06. The van der Waals surface area contributed by atoms with Gasteiger partial charge < -0.3 is 0 Å². The molecule has 1 aromatic rings. The molecule has 2 heterocycles. The molecule has 3 rings (SSSR count). The number of hydrogen-bond acceptors (Lipinski definition) is 2. The van der Waals surface area contributed by atoms with Crippen molar-refractivity contribution in [2.24, 2.45) is 0 Å². The molecule has 1 aromatic heterocycles. The van der Waals surface area contributed by atoms with Crippen molar-refractivity contribution in [1.29, 1.82) is 0 Å². The Bertz CT molecular complexity index is 643. The Morgan fingerprint density at radius 2 is 2.31 bits per heavy atom. The Morgan fingerprint density at radius 3 is 3.06 bits per heavy atom. The first-order valence-corrected chi connectivity index (χ1v) is 8.33. The fourth-order valence-corrected chi connectivity index (χ4v) is 3.73. The number of allylic oxidation sites excluding steroid dienone is 1. The van der Waals surface area contributed by atoms with E-state index in [4.69, 9.17) is 0 Å². The molecule has 5 heteroatoms. The van der Waals surface area contributed by atoms with Gasteiger partial charge >= 0.3 is 112 Å². The van der Waals surface area contributed by atoms with Crippen LogP contribution in [0.3, 0.4) is 0 Å². The summed E-state index contributed by atoms with van der Waals surface area (Å²) in [5.74, 6) is 0. The maximum absolute atomic E-state index is 12.0. The Hall–Kier alpha value is -0.430. The number of fused-ring (bicyclic) bond motifs is 1. The molecular weight excluding hydrogens is 383 g/mol.